The normalized spacial score (nSPS) is 19.4. The number of hydrogen-bond acceptors (Lipinski definition) is 4. The smallest absolute Gasteiger partial charge is 0.320 e. The lowest BCUT2D eigenvalue weighted by atomic mass is 9.93. The number of fused-ring (bicyclic) bond motifs is 1. The van der Waals surface area contributed by atoms with Crippen LogP contribution < -0.4 is 5.32 Å². The molecule has 0 aliphatic heterocycles. The minimum atomic E-state index is -0.424. The van der Waals surface area contributed by atoms with Crippen LogP contribution in [0.4, 0.5) is 0 Å². The lowest BCUT2D eigenvalue weighted by Gasteiger charge is -2.24. The molecule has 1 aliphatic rings. The molecular formula is C14H21NO3. The van der Waals surface area contributed by atoms with E-state index in [0.29, 0.717) is 0 Å². The zero-order chi connectivity index (χ0) is 13.2. The van der Waals surface area contributed by atoms with Gasteiger partial charge < -0.3 is 9.15 Å². The Balaban J connectivity index is 1.87. The van der Waals surface area contributed by atoms with Gasteiger partial charge in [-0.1, -0.05) is 0 Å². The number of rotatable bonds is 3. The number of carbonyl (C=O) groups excluding carboxylic acids is 1. The predicted molar refractivity (Wildman–Crippen MR) is 68.2 cm³/mol. The van der Waals surface area contributed by atoms with E-state index >= 15 is 0 Å². The fraction of sp³-hybridized carbons (Fsp3) is 0.643. The first-order valence-electron chi connectivity index (χ1n) is 6.47. The summed E-state index contributed by atoms with van der Waals surface area (Å²) in [5, 5.41) is 3.25. The number of ether oxygens (including phenoxy) is 1. The monoisotopic (exact) mass is 251 g/mol. The van der Waals surface area contributed by atoms with Gasteiger partial charge in [0.25, 0.3) is 0 Å². The highest BCUT2D eigenvalue weighted by molar-refractivity contribution is 5.72. The Hall–Kier alpha value is -1.29. The molecule has 1 aliphatic carbocycles. The van der Waals surface area contributed by atoms with Crippen molar-refractivity contribution < 1.29 is 13.9 Å². The maximum absolute atomic E-state index is 11.6. The quantitative estimate of drug-likeness (QED) is 0.839. The number of furan rings is 1. The van der Waals surface area contributed by atoms with Gasteiger partial charge in [-0.3, -0.25) is 10.1 Å². The van der Waals surface area contributed by atoms with Crippen LogP contribution in [0.1, 0.15) is 51.0 Å². The van der Waals surface area contributed by atoms with Crippen molar-refractivity contribution in [1.82, 2.24) is 5.32 Å². The van der Waals surface area contributed by atoms with Gasteiger partial charge >= 0.3 is 5.97 Å². The van der Waals surface area contributed by atoms with Crippen LogP contribution in [0.5, 0.6) is 0 Å². The summed E-state index contributed by atoms with van der Waals surface area (Å²) in [6, 6.07) is 2.20. The molecule has 1 aromatic rings. The minimum Gasteiger partial charge on any atom is -0.469 e. The summed E-state index contributed by atoms with van der Waals surface area (Å²) in [5.41, 5.74) is 0.761. The summed E-state index contributed by atoms with van der Waals surface area (Å²) < 4.78 is 10.7. The summed E-state index contributed by atoms with van der Waals surface area (Å²) in [6.07, 6.45) is 4.84. The van der Waals surface area contributed by atoms with Gasteiger partial charge in [-0.05, 0) is 39.7 Å². The van der Waals surface area contributed by atoms with Crippen LogP contribution in [-0.4, -0.2) is 18.1 Å². The van der Waals surface area contributed by atoms with E-state index in [2.05, 4.69) is 5.32 Å². The van der Waals surface area contributed by atoms with Gasteiger partial charge in [-0.15, -0.1) is 0 Å². The van der Waals surface area contributed by atoms with Crippen molar-refractivity contribution >= 4 is 5.97 Å². The molecule has 100 valence electrons. The fourth-order valence-corrected chi connectivity index (χ4v) is 2.28. The van der Waals surface area contributed by atoms with Crippen molar-refractivity contribution in [3.63, 3.8) is 0 Å². The van der Waals surface area contributed by atoms with E-state index in [1.54, 1.807) is 6.26 Å². The molecule has 0 radical (unpaired) electrons. The standard InChI is InChI=1S/C14H21NO3/c1-14(2,3)18-13(16)9-15-11-5-4-6-12-10(11)7-8-17-12/h7-8,11,15H,4-6,9H2,1-3H3. The Labute approximate surface area is 108 Å². The molecule has 0 amide bonds. The van der Waals surface area contributed by atoms with E-state index in [-0.39, 0.29) is 18.6 Å². The highest BCUT2D eigenvalue weighted by Crippen LogP contribution is 2.30. The van der Waals surface area contributed by atoms with Crippen molar-refractivity contribution in [2.24, 2.45) is 0 Å². The number of carbonyl (C=O) groups is 1. The van der Waals surface area contributed by atoms with Crippen LogP contribution in [0.15, 0.2) is 16.7 Å². The Morgan fingerprint density at radius 3 is 3.06 bits per heavy atom. The second-order valence-electron chi connectivity index (χ2n) is 5.71. The number of nitrogens with one attached hydrogen (secondary N) is 1. The average Bonchev–Trinajstić information content (AvgIpc) is 2.72. The first-order chi connectivity index (χ1) is 8.46. The minimum absolute atomic E-state index is 0.208. The van der Waals surface area contributed by atoms with E-state index < -0.39 is 5.60 Å². The highest BCUT2D eigenvalue weighted by Gasteiger charge is 2.23. The molecular weight excluding hydrogens is 230 g/mol. The SMILES string of the molecule is CC(C)(C)OC(=O)CNC1CCCc2occc21. The molecule has 4 heteroatoms. The van der Waals surface area contributed by atoms with Crippen LogP contribution in [-0.2, 0) is 16.0 Å². The third kappa shape index (κ3) is 3.35. The number of hydrogen-bond donors (Lipinski definition) is 1. The van der Waals surface area contributed by atoms with Gasteiger partial charge in [-0.2, -0.15) is 0 Å². The van der Waals surface area contributed by atoms with Crippen LogP contribution in [0.3, 0.4) is 0 Å². The van der Waals surface area contributed by atoms with E-state index in [4.69, 9.17) is 9.15 Å². The van der Waals surface area contributed by atoms with Gasteiger partial charge in [-0.25, -0.2) is 0 Å². The van der Waals surface area contributed by atoms with Crippen molar-refractivity contribution in [3.8, 4) is 0 Å². The lowest BCUT2D eigenvalue weighted by molar-refractivity contribution is -0.153. The molecule has 1 unspecified atom stereocenters. The molecule has 0 fully saturated rings. The first kappa shape index (κ1) is 13.1. The summed E-state index contributed by atoms with van der Waals surface area (Å²) in [6.45, 7) is 5.87. The highest BCUT2D eigenvalue weighted by atomic mass is 16.6. The first-order valence-corrected chi connectivity index (χ1v) is 6.47. The van der Waals surface area contributed by atoms with Crippen molar-refractivity contribution in [2.45, 2.75) is 51.7 Å². The van der Waals surface area contributed by atoms with E-state index in [1.165, 1.54) is 5.56 Å². The van der Waals surface area contributed by atoms with E-state index in [0.717, 1.165) is 25.0 Å². The molecule has 0 spiro atoms. The molecule has 2 rings (SSSR count). The molecule has 0 saturated carbocycles. The van der Waals surface area contributed by atoms with Crippen molar-refractivity contribution in [2.75, 3.05) is 6.54 Å². The van der Waals surface area contributed by atoms with E-state index in [1.807, 2.05) is 26.8 Å². The Bertz CT molecular complexity index is 417. The van der Waals surface area contributed by atoms with Crippen LogP contribution in [0, 0.1) is 0 Å². The Morgan fingerprint density at radius 2 is 2.33 bits per heavy atom. The topological polar surface area (TPSA) is 51.5 Å². The Morgan fingerprint density at radius 1 is 1.56 bits per heavy atom. The number of aryl methyl sites for hydroxylation is 1. The fourth-order valence-electron chi connectivity index (χ4n) is 2.28. The van der Waals surface area contributed by atoms with Crippen LogP contribution in [0.2, 0.25) is 0 Å². The summed E-state index contributed by atoms with van der Waals surface area (Å²) in [4.78, 5) is 11.6. The molecule has 18 heavy (non-hydrogen) atoms. The molecule has 1 N–H and O–H groups in total. The molecule has 0 aromatic carbocycles. The average molecular weight is 251 g/mol. The maximum atomic E-state index is 11.6. The second-order valence-corrected chi connectivity index (χ2v) is 5.71. The zero-order valence-corrected chi connectivity index (χ0v) is 11.3. The second kappa shape index (κ2) is 5.14. The maximum Gasteiger partial charge on any atom is 0.320 e. The Kier molecular flexibility index (Phi) is 3.76. The van der Waals surface area contributed by atoms with Gasteiger partial charge in [0.05, 0.1) is 12.8 Å². The zero-order valence-electron chi connectivity index (χ0n) is 11.3. The van der Waals surface area contributed by atoms with Gasteiger partial charge in [0.15, 0.2) is 0 Å². The molecule has 0 saturated heterocycles. The van der Waals surface area contributed by atoms with Gasteiger partial charge in [0, 0.05) is 18.0 Å². The van der Waals surface area contributed by atoms with Crippen LogP contribution >= 0.6 is 0 Å². The third-order valence-electron chi connectivity index (χ3n) is 2.96. The lowest BCUT2D eigenvalue weighted by Crippen LogP contribution is -2.34. The largest absolute Gasteiger partial charge is 0.469 e. The van der Waals surface area contributed by atoms with Crippen molar-refractivity contribution in [3.05, 3.63) is 23.7 Å². The number of esters is 1. The van der Waals surface area contributed by atoms with Crippen molar-refractivity contribution in [1.29, 1.82) is 0 Å². The van der Waals surface area contributed by atoms with E-state index in [9.17, 15) is 4.79 Å². The van der Waals surface area contributed by atoms with Crippen LogP contribution in [0.25, 0.3) is 0 Å². The summed E-state index contributed by atoms with van der Waals surface area (Å²) >= 11 is 0. The molecule has 1 aromatic heterocycles. The molecule has 4 nitrogen and oxygen atoms in total. The summed E-state index contributed by atoms with van der Waals surface area (Å²) in [7, 11) is 0. The molecule has 1 heterocycles. The third-order valence-corrected chi connectivity index (χ3v) is 2.96. The predicted octanol–water partition coefficient (Wildman–Crippen LogP) is 2.59. The van der Waals surface area contributed by atoms with Gasteiger partial charge in [0.1, 0.15) is 11.4 Å². The van der Waals surface area contributed by atoms with Gasteiger partial charge in [0.2, 0.25) is 0 Å². The summed E-state index contributed by atoms with van der Waals surface area (Å²) in [5.74, 6) is 0.834. The molecule has 0 bridgehead atoms. The molecule has 1 atom stereocenters.